The molecule has 1 aromatic heterocycles. The van der Waals surface area contributed by atoms with Crippen LogP contribution in [0.3, 0.4) is 0 Å². The Kier molecular flexibility index (Phi) is 5.07. The first-order valence-corrected chi connectivity index (χ1v) is 8.63. The topological polar surface area (TPSA) is 50.2 Å². The van der Waals surface area contributed by atoms with E-state index in [0.29, 0.717) is 12.1 Å². The zero-order valence-corrected chi connectivity index (χ0v) is 15.7. The minimum absolute atomic E-state index is 0.0834. The normalized spacial score (nSPS) is 10.6. The highest BCUT2D eigenvalue weighted by Gasteiger charge is 2.14. The van der Waals surface area contributed by atoms with Crippen molar-refractivity contribution in [3.05, 3.63) is 77.1 Å². The molecule has 2 aromatic carbocycles. The van der Waals surface area contributed by atoms with Gasteiger partial charge in [-0.3, -0.25) is 4.79 Å². The molecule has 1 heterocycles. The van der Waals surface area contributed by atoms with Crippen LogP contribution >= 0.6 is 0 Å². The van der Waals surface area contributed by atoms with Crippen LogP contribution in [0.25, 0.3) is 5.69 Å². The summed E-state index contributed by atoms with van der Waals surface area (Å²) in [5, 5.41) is 7.64. The number of carbonyl (C=O) groups excluding carboxylic acids is 1. The number of carbonyl (C=O) groups is 1. The highest BCUT2D eigenvalue weighted by atomic mass is 16.1. The van der Waals surface area contributed by atoms with Crippen LogP contribution in [0.5, 0.6) is 0 Å². The van der Waals surface area contributed by atoms with Crippen molar-refractivity contribution in [1.29, 1.82) is 0 Å². The van der Waals surface area contributed by atoms with Crippen LogP contribution in [0, 0.1) is 13.8 Å². The van der Waals surface area contributed by atoms with Gasteiger partial charge in [0.15, 0.2) is 0 Å². The summed E-state index contributed by atoms with van der Waals surface area (Å²) in [6.07, 6.45) is 0. The lowest BCUT2D eigenvalue weighted by atomic mass is 10.1. The number of hydrogen-bond donors (Lipinski definition) is 1. The van der Waals surface area contributed by atoms with Gasteiger partial charge in [0.05, 0.1) is 11.4 Å². The summed E-state index contributed by atoms with van der Waals surface area (Å²) in [6.45, 7) is 4.46. The van der Waals surface area contributed by atoms with E-state index < -0.39 is 0 Å². The van der Waals surface area contributed by atoms with Gasteiger partial charge in [-0.15, -0.1) is 0 Å². The van der Waals surface area contributed by atoms with Gasteiger partial charge in [0, 0.05) is 43.1 Å². The molecule has 0 bridgehead atoms. The van der Waals surface area contributed by atoms with E-state index in [9.17, 15) is 4.79 Å². The number of aromatic nitrogens is 2. The monoisotopic (exact) mass is 348 g/mol. The van der Waals surface area contributed by atoms with Gasteiger partial charge in [-0.1, -0.05) is 24.3 Å². The van der Waals surface area contributed by atoms with E-state index in [-0.39, 0.29) is 5.91 Å². The van der Waals surface area contributed by atoms with E-state index in [2.05, 4.69) is 10.4 Å². The van der Waals surface area contributed by atoms with E-state index >= 15 is 0 Å². The van der Waals surface area contributed by atoms with Crippen LogP contribution in [0.4, 0.5) is 5.69 Å². The molecule has 3 rings (SSSR count). The lowest BCUT2D eigenvalue weighted by Gasteiger charge is -2.13. The first-order chi connectivity index (χ1) is 12.5. The Morgan fingerprint density at radius 2 is 1.81 bits per heavy atom. The standard InChI is InChI=1S/C21H24N4O/c1-15-20(16(2)25(23-15)18-10-6-5-7-11-18)14-22-21(26)17-9-8-12-19(13-17)24(3)4/h5-13H,14H2,1-4H3,(H,22,26). The van der Waals surface area contributed by atoms with Gasteiger partial charge in [-0.05, 0) is 44.2 Å². The number of nitrogens with one attached hydrogen (secondary N) is 1. The second-order valence-corrected chi connectivity index (χ2v) is 6.52. The minimum atomic E-state index is -0.0834. The highest BCUT2D eigenvalue weighted by molar-refractivity contribution is 5.95. The van der Waals surface area contributed by atoms with E-state index in [1.807, 2.05) is 92.1 Å². The molecular formula is C21H24N4O. The maximum atomic E-state index is 12.5. The fourth-order valence-corrected chi connectivity index (χ4v) is 2.95. The smallest absolute Gasteiger partial charge is 0.251 e. The third kappa shape index (κ3) is 3.61. The molecule has 1 N–H and O–H groups in total. The zero-order chi connectivity index (χ0) is 18.7. The lowest BCUT2D eigenvalue weighted by Crippen LogP contribution is -2.23. The molecule has 0 aliphatic heterocycles. The van der Waals surface area contributed by atoms with Crippen LogP contribution in [-0.4, -0.2) is 29.8 Å². The summed E-state index contributed by atoms with van der Waals surface area (Å²) in [7, 11) is 3.92. The van der Waals surface area contributed by atoms with Crippen molar-refractivity contribution in [1.82, 2.24) is 15.1 Å². The van der Waals surface area contributed by atoms with Crippen LogP contribution in [0.15, 0.2) is 54.6 Å². The average Bonchev–Trinajstić information content (AvgIpc) is 2.94. The van der Waals surface area contributed by atoms with Crippen LogP contribution in [0.2, 0.25) is 0 Å². The fraction of sp³-hybridized carbons (Fsp3) is 0.238. The summed E-state index contributed by atoms with van der Waals surface area (Å²) in [4.78, 5) is 14.5. The first kappa shape index (κ1) is 17.7. The zero-order valence-electron chi connectivity index (χ0n) is 15.7. The van der Waals surface area contributed by atoms with Crippen molar-refractivity contribution < 1.29 is 4.79 Å². The average molecular weight is 348 g/mol. The molecule has 134 valence electrons. The van der Waals surface area contributed by atoms with Crippen molar-refractivity contribution >= 4 is 11.6 Å². The van der Waals surface area contributed by atoms with Gasteiger partial charge in [0.1, 0.15) is 0 Å². The van der Waals surface area contributed by atoms with Gasteiger partial charge < -0.3 is 10.2 Å². The SMILES string of the molecule is Cc1nn(-c2ccccc2)c(C)c1CNC(=O)c1cccc(N(C)C)c1. The van der Waals surface area contributed by atoms with Crippen molar-refractivity contribution in [2.45, 2.75) is 20.4 Å². The minimum Gasteiger partial charge on any atom is -0.378 e. The van der Waals surface area contributed by atoms with Crippen molar-refractivity contribution in [2.24, 2.45) is 0 Å². The summed E-state index contributed by atoms with van der Waals surface area (Å²) >= 11 is 0. The second-order valence-electron chi connectivity index (χ2n) is 6.52. The van der Waals surface area contributed by atoms with Crippen molar-refractivity contribution in [3.63, 3.8) is 0 Å². The number of benzene rings is 2. The predicted octanol–water partition coefficient (Wildman–Crippen LogP) is 3.49. The maximum Gasteiger partial charge on any atom is 0.251 e. The number of aryl methyl sites for hydroxylation is 1. The Bertz CT molecular complexity index is 913. The molecule has 0 aliphatic rings. The fourth-order valence-electron chi connectivity index (χ4n) is 2.95. The van der Waals surface area contributed by atoms with Crippen molar-refractivity contribution in [3.8, 4) is 5.69 Å². The Balaban J connectivity index is 1.77. The molecule has 0 aliphatic carbocycles. The number of amides is 1. The molecule has 26 heavy (non-hydrogen) atoms. The molecule has 0 saturated heterocycles. The number of anilines is 1. The Morgan fingerprint density at radius 3 is 2.50 bits per heavy atom. The Morgan fingerprint density at radius 1 is 1.08 bits per heavy atom. The van der Waals surface area contributed by atoms with E-state index in [4.69, 9.17) is 0 Å². The number of para-hydroxylation sites is 1. The second kappa shape index (κ2) is 7.44. The summed E-state index contributed by atoms with van der Waals surface area (Å²) in [5.74, 6) is -0.0834. The summed E-state index contributed by atoms with van der Waals surface area (Å²) < 4.78 is 1.92. The number of rotatable bonds is 5. The van der Waals surface area contributed by atoms with Gasteiger partial charge in [0.25, 0.3) is 5.91 Å². The predicted molar refractivity (Wildman–Crippen MR) is 105 cm³/mol. The largest absolute Gasteiger partial charge is 0.378 e. The van der Waals surface area contributed by atoms with Gasteiger partial charge in [-0.2, -0.15) is 5.10 Å². The molecule has 0 spiro atoms. The first-order valence-electron chi connectivity index (χ1n) is 8.63. The molecule has 0 fully saturated rings. The molecule has 0 atom stereocenters. The van der Waals surface area contributed by atoms with E-state index in [1.165, 1.54) is 0 Å². The van der Waals surface area contributed by atoms with Gasteiger partial charge >= 0.3 is 0 Å². The number of hydrogen-bond acceptors (Lipinski definition) is 3. The lowest BCUT2D eigenvalue weighted by molar-refractivity contribution is 0.0951. The Labute approximate surface area is 154 Å². The van der Waals surface area contributed by atoms with E-state index in [1.54, 1.807) is 0 Å². The molecule has 1 amide bonds. The maximum absolute atomic E-state index is 12.5. The molecular weight excluding hydrogens is 324 g/mol. The van der Waals surface area contributed by atoms with E-state index in [0.717, 1.165) is 28.3 Å². The molecule has 5 heteroatoms. The van der Waals surface area contributed by atoms with Crippen LogP contribution in [-0.2, 0) is 6.54 Å². The number of nitrogens with zero attached hydrogens (tertiary/aromatic N) is 3. The molecule has 3 aromatic rings. The van der Waals surface area contributed by atoms with Gasteiger partial charge in [0.2, 0.25) is 0 Å². The molecule has 0 saturated carbocycles. The van der Waals surface area contributed by atoms with Crippen molar-refractivity contribution in [2.75, 3.05) is 19.0 Å². The third-order valence-electron chi connectivity index (χ3n) is 4.49. The highest BCUT2D eigenvalue weighted by Crippen LogP contribution is 2.18. The van der Waals surface area contributed by atoms with Gasteiger partial charge in [-0.25, -0.2) is 4.68 Å². The van der Waals surface area contributed by atoms with Crippen LogP contribution < -0.4 is 10.2 Å². The quantitative estimate of drug-likeness (QED) is 0.768. The molecule has 5 nitrogen and oxygen atoms in total. The van der Waals surface area contributed by atoms with Crippen LogP contribution in [0.1, 0.15) is 27.3 Å². The Hall–Kier alpha value is -3.08. The molecule has 0 unspecified atom stereocenters. The summed E-state index contributed by atoms with van der Waals surface area (Å²) in [6, 6.07) is 17.6. The summed E-state index contributed by atoms with van der Waals surface area (Å²) in [5.41, 5.74) is 5.68. The molecule has 0 radical (unpaired) electrons. The third-order valence-corrected chi connectivity index (χ3v) is 4.49.